The van der Waals surface area contributed by atoms with Gasteiger partial charge in [-0.05, 0) is 24.6 Å². The average Bonchev–Trinajstić information content (AvgIpc) is 2.17. The van der Waals surface area contributed by atoms with Crippen LogP contribution in [0.15, 0.2) is 24.3 Å². The van der Waals surface area contributed by atoms with Crippen molar-refractivity contribution in [1.29, 1.82) is 0 Å². The standard InChI is InChI=1S/C10H10F4OS/c1-6(16)7-3-2-4-8(5-7)15-10(13,14)9(11)12/h2-6,9,16H,1H3. The van der Waals surface area contributed by atoms with Crippen molar-refractivity contribution in [3.63, 3.8) is 0 Å². The van der Waals surface area contributed by atoms with Gasteiger partial charge in [-0.2, -0.15) is 30.2 Å². The second-order valence-corrected chi connectivity index (χ2v) is 3.99. The number of hydrogen-bond acceptors (Lipinski definition) is 2. The lowest BCUT2D eigenvalue weighted by Crippen LogP contribution is -2.33. The first-order valence-electron chi connectivity index (χ1n) is 4.46. The number of rotatable bonds is 4. The number of halogens is 4. The monoisotopic (exact) mass is 254 g/mol. The molecule has 1 atom stereocenters. The molecule has 0 saturated heterocycles. The molecule has 0 saturated carbocycles. The maximum Gasteiger partial charge on any atom is 0.461 e. The average molecular weight is 254 g/mol. The minimum atomic E-state index is -4.47. The first-order valence-corrected chi connectivity index (χ1v) is 4.97. The zero-order valence-electron chi connectivity index (χ0n) is 8.33. The number of benzene rings is 1. The molecule has 1 nitrogen and oxygen atoms in total. The van der Waals surface area contributed by atoms with Crippen LogP contribution in [-0.4, -0.2) is 12.5 Å². The first-order chi connectivity index (χ1) is 7.33. The Morgan fingerprint density at radius 2 is 1.94 bits per heavy atom. The van der Waals surface area contributed by atoms with Crippen molar-refractivity contribution in [2.75, 3.05) is 0 Å². The molecule has 0 spiro atoms. The van der Waals surface area contributed by atoms with Crippen molar-refractivity contribution in [3.05, 3.63) is 29.8 Å². The molecule has 6 heteroatoms. The number of thiol groups is 1. The van der Waals surface area contributed by atoms with E-state index in [2.05, 4.69) is 17.4 Å². The van der Waals surface area contributed by atoms with E-state index in [1.807, 2.05) is 0 Å². The van der Waals surface area contributed by atoms with Crippen molar-refractivity contribution in [2.24, 2.45) is 0 Å². The van der Waals surface area contributed by atoms with Gasteiger partial charge in [0.1, 0.15) is 5.75 Å². The molecule has 1 aromatic carbocycles. The van der Waals surface area contributed by atoms with Crippen molar-refractivity contribution in [2.45, 2.75) is 24.7 Å². The van der Waals surface area contributed by atoms with Crippen LogP contribution < -0.4 is 4.74 Å². The van der Waals surface area contributed by atoms with Crippen LogP contribution in [0.1, 0.15) is 17.7 Å². The van der Waals surface area contributed by atoms with Gasteiger partial charge in [0, 0.05) is 5.25 Å². The number of alkyl halides is 4. The van der Waals surface area contributed by atoms with E-state index in [0.717, 1.165) is 0 Å². The molecule has 0 heterocycles. The van der Waals surface area contributed by atoms with Gasteiger partial charge in [0.2, 0.25) is 0 Å². The molecular formula is C10H10F4OS. The SMILES string of the molecule is CC(S)c1cccc(OC(F)(F)C(F)F)c1. The Hall–Kier alpha value is -0.910. The highest BCUT2D eigenvalue weighted by atomic mass is 32.1. The summed E-state index contributed by atoms with van der Waals surface area (Å²) >= 11 is 4.10. The number of ether oxygens (including phenoxy) is 1. The third-order valence-corrected chi connectivity index (χ3v) is 2.15. The maximum atomic E-state index is 12.6. The zero-order chi connectivity index (χ0) is 12.3. The summed E-state index contributed by atoms with van der Waals surface area (Å²) in [5.41, 5.74) is 0.617. The van der Waals surface area contributed by atoms with E-state index < -0.39 is 12.5 Å². The Bertz CT molecular complexity index is 354. The van der Waals surface area contributed by atoms with E-state index in [9.17, 15) is 17.6 Å². The Balaban J connectivity index is 2.86. The van der Waals surface area contributed by atoms with Gasteiger partial charge in [0.15, 0.2) is 0 Å². The fourth-order valence-electron chi connectivity index (χ4n) is 1.04. The van der Waals surface area contributed by atoms with E-state index in [-0.39, 0.29) is 11.0 Å². The van der Waals surface area contributed by atoms with E-state index in [4.69, 9.17) is 0 Å². The Morgan fingerprint density at radius 1 is 1.31 bits per heavy atom. The molecule has 1 unspecified atom stereocenters. The Morgan fingerprint density at radius 3 is 2.44 bits per heavy atom. The quantitative estimate of drug-likeness (QED) is 0.633. The van der Waals surface area contributed by atoms with E-state index in [1.54, 1.807) is 13.0 Å². The third kappa shape index (κ3) is 3.30. The molecule has 0 fully saturated rings. The molecule has 16 heavy (non-hydrogen) atoms. The van der Waals surface area contributed by atoms with E-state index >= 15 is 0 Å². The lowest BCUT2D eigenvalue weighted by molar-refractivity contribution is -0.253. The van der Waals surface area contributed by atoms with Crippen molar-refractivity contribution >= 4 is 12.6 Å². The summed E-state index contributed by atoms with van der Waals surface area (Å²) in [7, 11) is 0. The fraction of sp³-hybridized carbons (Fsp3) is 0.400. The molecule has 0 amide bonds. The summed E-state index contributed by atoms with van der Waals surface area (Å²) in [5, 5.41) is -0.191. The van der Waals surface area contributed by atoms with Crippen molar-refractivity contribution in [3.8, 4) is 5.75 Å². The molecule has 0 N–H and O–H groups in total. The third-order valence-electron chi connectivity index (χ3n) is 1.85. The van der Waals surface area contributed by atoms with Gasteiger partial charge in [0.05, 0.1) is 0 Å². The normalized spacial score (nSPS) is 13.9. The van der Waals surface area contributed by atoms with Crippen LogP contribution in [0.3, 0.4) is 0 Å². The molecule has 1 rings (SSSR count). The Kier molecular flexibility index (Phi) is 4.07. The van der Waals surface area contributed by atoms with Gasteiger partial charge >= 0.3 is 12.5 Å². The largest absolute Gasteiger partial charge is 0.461 e. The van der Waals surface area contributed by atoms with Gasteiger partial charge in [-0.1, -0.05) is 12.1 Å². The minimum absolute atomic E-state index is 0.191. The molecule has 0 aromatic heterocycles. The maximum absolute atomic E-state index is 12.6. The van der Waals surface area contributed by atoms with Crippen LogP contribution in [0, 0.1) is 0 Å². The van der Waals surface area contributed by atoms with Crippen LogP contribution in [-0.2, 0) is 0 Å². The second-order valence-electron chi connectivity index (χ2n) is 3.21. The van der Waals surface area contributed by atoms with E-state index in [1.165, 1.54) is 18.2 Å². The molecule has 90 valence electrons. The topological polar surface area (TPSA) is 9.23 Å². The van der Waals surface area contributed by atoms with Gasteiger partial charge in [-0.15, -0.1) is 0 Å². The van der Waals surface area contributed by atoms with E-state index in [0.29, 0.717) is 5.56 Å². The molecule has 0 radical (unpaired) electrons. The van der Waals surface area contributed by atoms with Crippen LogP contribution in [0.2, 0.25) is 0 Å². The lowest BCUT2D eigenvalue weighted by atomic mass is 10.1. The van der Waals surface area contributed by atoms with Gasteiger partial charge in [-0.25, -0.2) is 0 Å². The highest BCUT2D eigenvalue weighted by Crippen LogP contribution is 2.29. The Labute approximate surface area is 95.8 Å². The summed E-state index contributed by atoms with van der Waals surface area (Å²) < 4.78 is 52.8. The predicted molar refractivity (Wildman–Crippen MR) is 55.4 cm³/mol. The molecule has 0 bridgehead atoms. The summed E-state index contributed by atoms with van der Waals surface area (Å²) in [6, 6.07) is 5.54. The van der Waals surface area contributed by atoms with Crippen LogP contribution in [0.4, 0.5) is 17.6 Å². The van der Waals surface area contributed by atoms with Gasteiger partial charge in [0.25, 0.3) is 0 Å². The molecular weight excluding hydrogens is 244 g/mol. The van der Waals surface area contributed by atoms with Crippen LogP contribution in [0.25, 0.3) is 0 Å². The first kappa shape index (κ1) is 13.2. The predicted octanol–water partition coefficient (Wildman–Crippen LogP) is 3.91. The highest BCUT2D eigenvalue weighted by Gasteiger charge is 2.43. The molecule has 0 aliphatic rings. The molecule has 0 aliphatic heterocycles. The van der Waals surface area contributed by atoms with Gasteiger partial charge in [-0.3, -0.25) is 0 Å². The fourth-order valence-corrected chi connectivity index (χ4v) is 1.20. The van der Waals surface area contributed by atoms with Crippen molar-refractivity contribution < 1.29 is 22.3 Å². The van der Waals surface area contributed by atoms with Crippen LogP contribution >= 0.6 is 12.6 Å². The smallest absolute Gasteiger partial charge is 0.428 e. The minimum Gasteiger partial charge on any atom is -0.428 e. The summed E-state index contributed by atoms with van der Waals surface area (Å²) in [6.07, 6.45) is -8.33. The van der Waals surface area contributed by atoms with Crippen LogP contribution in [0.5, 0.6) is 5.75 Å². The lowest BCUT2D eigenvalue weighted by Gasteiger charge is -2.17. The number of hydrogen-bond donors (Lipinski definition) is 1. The zero-order valence-corrected chi connectivity index (χ0v) is 9.23. The molecule has 0 aliphatic carbocycles. The molecule has 1 aromatic rings. The highest BCUT2D eigenvalue weighted by molar-refractivity contribution is 7.80. The second kappa shape index (κ2) is 4.95. The van der Waals surface area contributed by atoms with Gasteiger partial charge < -0.3 is 4.74 Å². The summed E-state index contributed by atoms with van der Waals surface area (Å²) in [5.74, 6) is -0.302. The van der Waals surface area contributed by atoms with Crippen molar-refractivity contribution in [1.82, 2.24) is 0 Å². The summed E-state index contributed by atoms with van der Waals surface area (Å²) in [4.78, 5) is 0. The summed E-state index contributed by atoms with van der Waals surface area (Å²) in [6.45, 7) is 1.73.